The zero-order chi connectivity index (χ0) is 27.6. The number of amides is 3. The van der Waals surface area contributed by atoms with Gasteiger partial charge >= 0.3 is 6.03 Å². The number of ether oxygens (including phenoxy) is 1. The Bertz CT molecular complexity index is 1460. The Morgan fingerprint density at radius 3 is 2.56 bits per heavy atom. The third kappa shape index (κ3) is 7.46. The van der Waals surface area contributed by atoms with Gasteiger partial charge in [-0.2, -0.15) is 5.26 Å². The molecule has 8 nitrogen and oxygen atoms in total. The average molecular weight is 524 g/mol. The summed E-state index contributed by atoms with van der Waals surface area (Å²) in [7, 11) is 1.55. The molecule has 0 saturated carbocycles. The molecule has 200 valence electrons. The van der Waals surface area contributed by atoms with Crippen LogP contribution in [-0.4, -0.2) is 60.1 Å². The standard InChI is InChI=1S/C31H33N5O3/c1-23-10-12-24(13-11-23)21-35(15-14-26-20-33-29-9-4-3-8-28(26)29)30(37)22-36(16-17-39-2)31(38)34-27-7-5-6-25(18-27)19-32/h3-13,18,20,33H,14-17,21-22H2,1-2H3,(H,34,38). The Hall–Kier alpha value is -4.61. The summed E-state index contributed by atoms with van der Waals surface area (Å²) in [5, 5.41) is 13.1. The number of methoxy groups -OCH3 is 1. The van der Waals surface area contributed by atoms with Gasteiger partial charge in [-0.3, -0.25) is 4.79 Å². The summed E-state index contributed by atoms with van der Waals surface area (Å²) >= 11 is 0. The Labute approximate surface area is 228 Å². The van der Waals surface area contributed by atoms with Crippen LogP contribution in [-0.2, 0) is 22.5 Å². The molecule has 0 fully saturated rings. The van der Waals surface area contributed by atoms with Crippen molar-refractivity contribution in [1.29, 1.82) is 5.26 Å². The van der Waals surface area contributed by atoms with Crippen molar-refractivity contribution in [2.24, 2.45) is 0 Å². The highest BCUT2D eigenvalue weighted by molar-refractivity contribution is 5.92. The maximum absolute atomic E-state index is 13.7. The number of aryl methyl sites for hydroxylation is 1. The predicted octanol–water partition coefficient (Wildman–Crippen LogP) is 5.10. The molecule has 3 amide bonds. The molecule has 0 bridgehead atoms. The van der Waals surface area contributed by atoms with Crippen molar-refractivity contribution in [3.8, 4) is 6.07 Å². The second-order valence-electron chi connectivity index (χ2n) is 9.45. The summed E-state index contributed by atoms with van der Waals surface area (Å²) < 4.78 is 5.20. The summed E-state index contributed by atoms with van der Waals surface area (Å²) in [4.78, 5) is 33.4. The number of rotatable bonds is 11. The molecule has 0 unspecified atom stereocenters. The van der Waals surface area contributed by atoms with Crippen molar-refractivity contribution < 1.29 is 14.3 Å². The van der Waals surface area contributed by atoms with Crippen molar-refractivity contribution in [3.63, 3.8) is 0 Å². The molecule has 0 atom stereocenters. The summed E-state index contributed by atoms with van der Waals surface area (Å²) in [6.45, 7) is 3.39. The van der Waals surface area contributed by atoms with Gasteiger partial charge in [0.05, 0.1) is 18.2 Å². The van der Waals surface area contributed by atoms with Crippen molar-refractivity contribution >= 4 is 28.5 Å². The molecule has 2 N–H and O–H groups in total. The van der Waals surface area contributed by atoms with Crippen LogP contribution >= 0.6 is 0 Å². The average Bonchev–Trinajstić information content (AvgIpc) is 3.37. The van der Waals surface area contributed by atoms with Crippen LogP contribution in [0.2, 0.25) is 0 Å². The third-order valence-corrected chi connectivity index (χ3v) is 6.59. The molecular weight excluding hydrogens is 490 g/mol. The van der Waals surface area contributed by atoms with Crippen LogP contribution in [0, 0.1) is 18.3 Å². The van der Waals surface area contributed by atoms with Crippen molar-refractivity contribution in [2.75, 3.05) is 38.7 Å². The van der Waals surface area contributed by atoms with Crippen LogP contribution in [0.25, 0.3) is 10.9 Å². The van der Waals surface area contributed by atoms with E-state index in [-0.39, 0.29) is 25.6 Å². The highest BCUT2D eigenvalue weighted by Crippen LogP contribution is 2.19. The van der Waals surface area contributed by atoms with E-state index in [4.69, 9.17) is 4.74 Å². The topological polar surface area (TPSA) is 101 Å². The normalized spacial score (nSPS) is 10.7. The van der Waals surface area contributed by atoms with Gasteiger partial charge in [0.15, 0.2) is 0 Å². The van der Waals surface area contributed by atoms with Crippen molar-refractivity contribution in [1.82, 2.24) is 14.8 Å². The Balaban J connectivity index is 1.51. The van der Waals surface area contributed by atoms with Crippen molar-refractivity contribution in [3.05, 3.63) is 101 Å². The third-order valence-electron chi connectivity index (χ3n) is 6.59. The van der Waals surface area contributed by atoms with Crippen LogP contribution in [0.15, 0.2) is 79.0 Å². The van der Waals surface area contributed by atoms with Crippen LogP contribution in [0.1, 0.15) is 22.3 Å². The van der Waals surface area contributed by atoms with E-state index >= 15 is 0 Å². The number of nitriles is 1. The van der Waals surface area contributed by atoms with E-state index in [1.165, 1.54) is 4.90 Å². The SMILES string of the molecule is COCCN(CC(=O)N(CCc1c[nH]c2ccccc12)Cc1ccc(C)cc1)C(=O)Nc1cccc(C#N)c1. The van der Waals surface area contributed by atoms with E-state index < -0.39 is 6.03 Å². The van der Waals surface area contributed by atoms with E-state index in [1.54, 1.807) is 36.3 Å². The molecule has 0 saturated heterocycles. The van der Waals surface area contributed by atoms with E-state index in [2.05, 4.69) is 22.4 Å². The fraction of sp³-hybridized carbons (Fsp3) is 0.258. The number of anilines is 1. The maximum Gasteiger partial charge on any atom is 0.322 e. The largest absolute Gasteiger partial charge is 0.383 e. The highest BCUT2D eigenvalue weighted by atomic mass is 16.5. The molecule has 3 aromatic carbocycles. The number of nitrogens with one attached hydrogen (secondary N) is 2. The number of carbonyl (C=O) groups is 2. The van der Waals surface area contributed by atoms with E-state index in [1.807, 2.05) is 55.6 Å². The van der Waals surface area contributed by atoms with Crippen molar-refractivity contribution in [2.45, 2.75) is 19.9 Å². The smallest absolute Gasteiger partial charge is 0.322 e. The van der Waals surface area contributed by atoms with Gasteiger partial charge in [0.1, 0.15) is 6.54 Å². The second kappa shape index (κ2) is 13.3. The minimum absolute atomic E-state index is 0.104. The molecule has 4 rings (SSSR count). The summed E-state index contributed by atoms with van der Waals surface area (Å²) in [5.74, 6) is -0.160. The molecule has 0 spiro atoms. The monoisotopic (exact) mass is 523 g/mol. The molecule has 8 heteroatoms. The van der Waals surface area contributed by atoms with E-state index in [9.17, 15) is 14.9 Å². The quantitative estimate of drug-likeness (QED) is 0.286. The molecule has 39 heavy (non-hydrogen) atoms. The summed E-state index contributed by atoms with van der Waals surface area (Å²) in [6, 6.07) is 24.5. The fourth-order valence-corrected chi connectivity index (χ4v) is 4.39. The lowest BCUT2D eigenvalue weighted by atomic mass is 10.1. The lowest BCUT2D eigenvalue weighted by Crippen LogP contribution is -2.46. The summed E-state index contributed by atoms with van der Waals surface area (Å²) in [5.41, 5.74) is 5.30. The predicted molar refractivity (Wildman–Crippen MR) is 152 cm³/mol. The van der Waals surface area contributed by atoms with Gasteiger partial charge in [0.2, 0.25) is 5.91 Å². The molecular formula is C31H33N5O3. The molecule has 0 radical (unpaired) electrons. The Morgan fingerprint density at radius 2 is 1.79 bits per heavy atom. The van der Waals surface area contributed by atoms with Crippen LogP contribution in [0.5, 0.6) is 0 Å². The minimum atomic E-state index is -0.428. The summed E-state index contributed by atoms with van der Waals surface area (Å²) in [6.07, 6.45) is 2.67. The first-order valence-electron chi connectivity index (χ1n) is 12.9. The number of aromatic amines is 1. The lowest BCUT2D eigenvalue weighted by molar-refractivity contribution is -0.132. The molecule has 4 aromatic rings. The lowest BCUT2D eigenvalue weighted by Gasteiger charge is -2.28. The van der Waals surface area contributed by atoms with E-state index in [0.29, 0.717) is 30.8 Å². The maximum atomic E-state index is 13.7. The van der Waals surface area contributed by atoms with Crippen LogP contribution in [0.3, 0.4) is 0 Å². The van der Waals surface area contributed by atoms with Crippen LogP contribution < -0.4 is 5.32 Å². The number of carbonyl (C=O) groups excluding carboxylic acids is 2. The number of H-pyrrole nitrogens is 1. The fourth-order valence-electron chi connectivity index (χ4n) is 4.39. The van der Waals surface area contributed by atoms with Gasteiger partial charge in [0, 0.05) is 49.5 Å². The van der Waals surface area contributed by atoms with Gasteiger partial charge in [-0.15, -0.1) is 0 Å². The number of nitrogens with zero attached hydrogens (tertiary/aromatic N) is 3. The number of urea groups is 1. The Kier molecular flexibility index (Phi) is 9.33. The van der Waals surface area contributed by atoms with Gasteiger partial charge in [-0.1, -0.05) is 54.1 Å². The number of benzene rings is 3. The van der Waals surface area contributed by atoms with Gasteiger partial charge in [-0.25, -0.2) is 4.79 Å². The second-order valence-corrected chi connectivity index (χ2v) is 9.45. The number of fused-ring (bicyclic) bond motifs is 1. The number of hydrogen-bond donors (Lipinski definition) is 2. The number of para-hydroxylation sites is 1. The molecule has 0 aliphatic rings. The first-order chi connectivity index (χ1) is 19.0. The zero-order valence-corrected chi connectivity index (χ0v) is 22.3. The van der Waals surface area contributed by atoms with Gasteiger partial charge < -0.3 is 24.8 Å². The number of aromatic nitrogens is 1. The van der Waals surface area contributed by atoms with Gasteiger partial charge in [0.25, 0.3) is 0 Å². The first-order valence-corrected chi connectivity index (χ1v) is 12.9. The van der Waals surface area contributed by atoms with Crippen LogP contribution in [0.4, 0.5) is 10.5 Å². The number of hydrogen-bond acceptors (Lipinski definition) is 4. The zero-order valence-electron chi connectivity index (χ0n) is 22.3. The first kappa shape index (κ1) is 27.4. The Morgan fingerprint density at radius 1 is 1.00 bits per heavy atom. The molecule has 0 aliphatic carbocycles. The minimum Gasteiger partial charge on any atom is -0.383 e. The van der Waals surface area contributed by atoms with Gasteiger partial charge in [-0.05, 0) is 48.7 Å². The van der Waals surface area contributed by atoms with E-state index in [0.717, 1.165) is 27.6 Å². The molecule has 1 heterocycles. The highest BCUT2D eigenvalue weighted by Gasteiger charge is 2.22. The molecule has 1 aromatic heterocycles. The molecule has 0 aliphatic heterocycles.